The van der Waals surface area contributed by atoms with Crippen LogP contribution in [0, 0.1) is 25.0 Å². The van der Waals surface area contributed by atoms with E-state index in [0.29, 0.717) is 0 Å². The van der Waals surface area contributed by atoms with E-state index in [2.05, 4.69) is 137 Å². The smallest absolute Gasteiger partial charge is 0.121 e. The van der Waals surface area contributed by atoms with Crippen LogP contribution in [-0.4, -0.2) is 18.0 Å². The molecule has 0 spiro atoms. The van der Waals surface area contributed by atoms with E-state index < -0.39 is 8.07 Å². The van der Waals surface area contributed by atoms with Crippen molar-refractivity contribution in [3.05, 3.63) is 139 Å². The van der Waals surface area contributed by atoms with Gasteiger partial charge >= 0.3 is 0 Å². The average Bonchev–Trinajstić information content (AvgIpc) is 3.81. The normalized spacial score (nSPS) is 13.5. The molecule has 1 aliphatic carbocycles. The molecule has 4 aromatic carbocycles. The largest absolute Gasteiger partial charge is 0.501 e. The third kappa shape index (κ3) is 7.72. The van der Waals surface area contributed by atoms with E-state index in [1.54, 1.807) is 0 Å². The van der Waals surface area contributed by atoms with E-state index >= 15 is 0 Å². The number of hydrogen-bond acceptors (Lipinski definition) is 3. The van der Waals surface area contributed by atoms with Crippen LogP contribution in [0.2, 0.25) is 19.6 Å². The van der Waals surface area contributed by atoms with E-state index in [0.717, 1.165) is 55.9 Å². The molecule has 1 radical (unpaired) electrons. The molecule has 0 saturated heterocycles. The van der Waals surface area contributed by atoms with Gasteiger partial charge in [0.1, 0.15) is 5.58 Å². The van der Waals surface area contributed by atoms with E-state index in [9.17, 15) is 0 Å². The molecule has 261 valence electrons. The van der Waals surface area contributed by atoms with Gasteiger partial charge < -0.3 is 14.4 Å². The maximum Gasteiger partial charge on any atom is 0.121 e. The second-order valence-electron chi connectivity index (χ2n) is 15.3. The Bertz CT molecular complexity index is 2250. The summed E-state index contributed by atoms with van der Waals surface area (Å²) in [6.45, 7) is 14.0. The van der Waals surface area contributed by atoms with Crippen molar-refractivity contribution in [2.75, 3.05) is 0 Å². The average molecular weight is 863 g/mol. The fourth-order valence-electron chi connectivity index (χ4n) is 7.63. The molecule has 1 aliphatic rings. The van der Waals surface area contributed by atoms with Crippen molar-refractivity contribution in [1.82, 2.24) is 9.97 Å². The van der Waals surface area contributed by atoms with Gasteiger partial charge in [-0.15, -0.1) is 54.1 Å². The van der Waals surface area contributed by atoms with Gasteiger partial charge in [-0.2, -0.15) is 0 Å². The Morgan fingerprint density at radius 3 is 2.22 bits per heavy atom. The van der Waals surface area contributed by atoms with Crippen LogP contribution in [0.4, 0.5) is 0 Å². The Balaban J connectivity index is 0.000000211. The minimum Gasteiger partial charge on any atom is -0.501 e. The molecular weight excluding hydrogens is 817 g/mol. The zero-order chi connectivity index (χ0) is 34.9. The quantitative estimate of drug-likeness (QED) is 0.123. The molecule has 0 N–H and O–H groups in total. The number of nitrogens with zero attached hydrogens (tertiary/aromatic N) is 2. The van der Waals surface area contributed by atoms with E-state index in [1.807, 2.05) is 36.5 Å². The molecule has 0 bridgehead atoms. The second kappa shape index (κ2) is 15.2. The topological polar surface area (TPSA) is 38.9 Å². The van der Waals surface area contributed by atoms with Crippen LogP contribution in [-0.2, 0) is 25.5 Å². The van der Waals surface area contributed by atoms with Crippen molar-refractivity contribution in [2.24, 2.45) is 5.92 Å². The Kier molecular flexibility index (Phi) is 10.9. The van der Waals surface area contributed by atoms with Crippen LogP contribution in [0.3, 0.4) is 0 Å². The number of aryl methyl sites for hydroxylation is 1. The maximum absolute atomic E-state index is 6.45. The molecule has 1 saturated carbocycles. The molecule has 51 heavy (non-hydrogen) atoms. The third-order valence-corrected chi connectivity index (χ3v) is 12.7. The van der Waals surface area contributed by atoms with E-state index in [4.69, 9.17) is 9.40 Å². The second-order valence-corrected chi connectivity index (χ2v) is 20.4. The first kappa shape index (κ1) is 36.6. The minimum atomic E-state index is -1.27. The molecule has 0 amide bonds. The van der Waals surface area contributed by atoms with E-state index in [-0.39, 0.29) is 25.5 Å². The van der Waals surface area contributed by atoms with Gasteiger partial charge in [0.2, 0.25) is 0 Å². The number of rotatable bonds is 6. The monoisotopic (exact) mass is 863 g/mol. The number of aromatic nitrogens is 2. The molecule has 0 aliphatic heterocycles. The zero-order valence-electron chi connectivity index (χ0n) is 30.5. The van der Waals surface area contributed by atoms with Gasteiger partial charge in [-0.25, -0.2) is 0 Å². The number of pyridine rings is 2. The van der Waals surface area contributed by atoms with Crippen LogP contribution in [0.15, 0.2) is 120 Å². The van der Waals surface area contributed by atoms with Gasteiger partial charge in [-0.05, 0) is 76.5 Å². The number of furan rings is 1. The molecule has 3 heterocycles. The van der Waals surface area contributed by atoms with Crippen molar-refractivity contribution in [3.8, 4) is 33.6 Å². The number of benzene rings is 4. The SMILES string of the molecule is CC(C)(c1ccnc(-c2[c-]ccc3c2oc2cc(-c4ccccc4)ccc23)c1)C1CCCC1.Cc1cc(-c2[c-]cccc2)ncc1[Si](C)(C)C.[Ir]. The van der Waals surface area contributed by atoms with Gasteiger partial charge in [-0.3, -0.25) is 0 Å². The summed E-state index contributed by atoms with van der Waals surface area (Å²) in [6.07, 6.45) is 9.34. The summed E-state index contributed by atoms with van der Waals surface area (Å²) in [5.41, 5.74) is 10.9. The molecule has 1 fully saturated rings. The van der Waals surface area contributed by atoms with Crippen LogP contribution in [0.25, 0.3) is 55.6 Å². The summed E-state index contributed by atoms with van der Waals surface area (Å²) in [5, 5.41) is 3.68. The summed E-state index contributed by atoms with van der Waals surface area (Å²) in [5.74, 6) is 0.732. The summed E-state index contributed by atoms with van der Waals surface area (Å²) in [6, 6.07) is 42.3. The minimum absolute atomic E-state index is 0. The Morgan fingerprint density at radius 1 is 0.745 bits per heavy atom. The van der Waals surface area contributed by atoms with Crippen molar-refractivity contribution in [3.63, 3.8) is 0 Å². The van der Waals surface area contributed by atoms with Crippen LogP contribution < -0.4 is 5.19 Å². The van der Waals surface area contributed by atoms with Gasteiger partial charge in [0.15, 0.2) is 0 Å². The molecule has 8 rings (SSSR count). The molecule has 3 nitrogen and oxygen atoms in total. The van der Waals surface area contributed by atoms with Gasteiger partial charge in [0, 0.05) is 37.9 Å². The fraction of sp³-hybridized carbons (Fsp3) is 0.261. The summed E-state index contributed by atoms with van der Waals surface area (Å²) >= 11 is 0. The van der Waals surface area contributed by atoms with Crippen molar-refractivity contribution >= 4 is 35.2 Å². The molecular formula is C46H46IrN2OSi-2. The van der Waals surface area contributed by atoms with Gasteiger partial charge in [0.05, 0.1) is 13.7 Å². The Hall–Kier alpha value is -4.15. The van der Waals surface area contributed by atoms with E-state index in [1.165, 1.54) is 47.6 Å². The van der Waals surface area contributed by atoms with Crippen LogP contribution >= 0.6 is 0 Å². The van der Waals surface area contributed by atoms with Crippen molar-refractivity contribution in [1.29, 1.82) is 0 Å². The molecule has 7 aromatic rings. The molecule has 0 unspecified atom stereocenters. The maximum atomic E-state index is 6.45. The van der Waals surface area contributed by atoms with Crippen LogP contribution in [0.1, 0.15) is 50.7 Å². The molecule has 0 atom stereocenters. The zero-order valence-corrected chi connectivity index (χ0v) is 33.9. The fourth-order valence-corrected chi connectivity index (χ4v) is 9.34. The van der Waals surface area contributed by atoms with Crippen molar-refractivity contribution < 1.29 is 24.5 Å². The van der Waals surface area contributed by atoms with Gasteiger partial charge in [-0.1, -0.05) is 117 Å². The Labute approximate surface area is 317 Å². The third-order valence-electron chi connectivity index (χ3n) is 10.6. The summed E-state index contributed by atoms with van der Waals surface area (Å²) in [4.78, 5) is 9.32. The number of fused-ring (bicyclic) bond motifs is 3. The molecule has 3 aromatic heterocycles. The standard InChI is InChI=1S/C31H28NO.C15H18NSi.Ir/c1-31(2,23-11-6-7-12-23)24-17-18-32-28(20-24)27-14-8-13-26-25-16-15-22(19-29(25)33-30(26)27)21-9-4-3-5-10-21;1-12-10-14(13-8-6-5-7-9-13)16-11-15(12)17(2,3)4;/h3-5,8-10,13,15-20,23H,6-7,11-12H2,1-2H3;5-8,10-11H,1-4H3;/q2*-1;. The summed E-state index contributed by atoms with van der Waals surface area (Å²) in [7, 11) is -1.27. The first-order valence-corrected chi connectivity index (χ1v) is 21.4. The first-order valence-electron chi connectivity index (χ1n) is 17.9. The van der Waals surface area contributed by atoms with Crippen molar-refractivity contribution in [2.45, 2.75) is 71.5 Å². The first-order chi connectivity index (χ1) is 24.1. The van der Waals surface area contributed by atoms with Crippen LogP contribution in [0.5, 0.6) is 0 Å². The van der Waals surface area contributed by atoms with Gasteiger partial charge in [0.25, 0.3) is 0 Å². The number of hydrogen-bond donors (Lipinski definition) is 0. The molecule has 5 heteroatoms. The predicted octanol–water partition coefficient (Wildman–Crippen LogP) is 12.0. The Morgan fingerprint density at radius 2 is 1.51 bits per heavy atom. The summed E-state index contributed by atoms with van der Waals surface area (Å²) < 4.78 is 6.45. The predicted molar refractivity (Wildman–Crippen MR) is 212 cm³/mol.